The summed E-state index contributed by atoms with van der Waals surface area (Å²) in [6, 6.07) is 0. The number of carbonyl (C=O) groups excluding carboxylic acids is 2. The molecule has 0 aromatic carbocycles. The second kappa shape index (κ2) is 15.8. The molecule has 0 heterocycles. The molecule has 4 nitrogen and oxygen atoms in total. The fourth-order valence-electron chi connectivity index (χ4n) is 0.588. The summed E-state index contributed by atoms with van der Waals surface area (Å²) >= 11 is -0.826. The Morgan fingerprint density at radius 1 is 0.882 bits per heavy atom. The number of allylic oxidation sites excluding steroid dienone is 4. The Labute approximate surface area is 119 Å². The van der Waals surface area contributed by atoms with Crippen LogP contribution in [0.1, 0.15) is 27.7 Å². The summed E-state index contributed by atoms with van der Waals surface area (Å²) in [7, 11) is 9.87. The van der Waals surface area contributed by atoms with Gasteiger partial charge in [0, 0.05) is 12.2 Å². The minimum absolute atomic E-state index is 0.0625. The van der Waals surface area contributed by atoms with Crippen molar-refractivity contribution < 1.29 is 19.8 Å². The van der Waals surface area contributed by atoms with Gasteiger partial charge >= 0.3 is 36.7 Å². The zero-order valence-electron chi connectivity index (χ0n) is 10.1. The van der Waals surface area contributed by atoms with E-state index in [-0.39, 0.29) is 23.1 Å². The molecule has 2 N–H and O–H groups in total. The van der Waals surface area contributed by atoms with Crippen LogP contribution in [0, 0.1) is 0 Å². The van der Waals surface area contributed by atoms with Gasteiger partial charge in [0.15, 0.2) is 11.6 Å². The first-order valence-corrected chi connectivity index (χ1v) is 11.6. The summed E-state index contributed by atoms with van der Waals surface area (Å²) in [4.78, 5) is 20.0. The van der Waals surface area contributed by atoms with Gasteiger partial charge in [-0.25, -0.2) is 0 Å². The van der Waals surface area contributed by atoms with Crippen molar-refractivity contribution >= 4 is 48.3 Å². The van der Waals surface area contributed by atoms with Crippen molar-refractivity contribution in [1.82, 2.24) is 0 Å². The molecule has 0 bridgehead atoms. The summed E-state index contributed by atoms with van der Waals surface area (Å²) in [6.45, 7) is 5.70. The van der Waals surface area contributed by atoms with Gasteiger partial charge in [0.1, 0.15) is 0 Å². The Morgan fingerprint density at radius 2 is 1.06 bits per heavy atom. The van der Waals surface area contributed by atoms with Crippen LogP contribution in [0.2, 0.25) is 0 Å². The summed E-state index contributed by atoms with van der Waals surface area (Å²) < 4.78 is 0. The van der Waals surface area contributed by atoms with Gasteiger partial charge in [-0.05, 0) is 27.7 Å². The molecule has 0 aliphatic heterocycles. The molecule has 17 heavy (non-hydrogen) atoms. The van der Waals surface area contributed by atoms with Crippen LogP contribution in [-0.4, -0.2) is 40.7 Å². The van der Waals surface area contributed by atoms with E-state index in [4.69, 9.17) is 28.1 Å². The van der Waals surface area contributed by atoms with E-state index in [0.717, 1.165) is 0 Å². The van der Waals surface area contributed by atoms with Gasteiger partial charge in [-0.1, -0.05) is 0 Å². The molecule has 0 fully saturated rings. The van der Waals surface area contributed by atoms with Gasteiger partial charge < -0.3 is 10.2 Å². The Hall–Kier alpha value is -0.201. The van der Waals surface area contributed by atoms with E-state index in [0.29, 0.717) is 0 Å². The number of halogens is 2. The van der Waals surface area contributed by atoms with E-state index >= 15 is 0 Å². The maximum atomic E-state index is 10.0. The van der Waals surface area contributed by atoms with Crippen molar-refractivity contribution in [1.29, 1.82) is 0 Å². The molecule has 0 rings (SSSR count). The topological polar surface area (TPSA) is 74.6 Å². The van der Waals surface area contributed by atoms with Crippen LogP contribution in [-0.2, 0) is 9.59 Å². The van der Waals surface area contributed by atoms with Crippen molar-refractivity contribution in [3.05, 3.63) is 23.7 Å². The van der Waals surface area contributed by atoms with Crippen LogP contribution >= 0.6 is 17.8 Å². The van der Waals surface area contributed by atoms with Gasteiger partial charge in [0.2, 0.25) is 0 Å². The molecule has 0 aromatic rings. The average Bonchev–Trinajstić information content (AvgIpc) is 1.99. The second-order valence-corrected chi connectivity index (χ2v) is 7.11. The molecule has 0 unspecified atom stereocenters. The Balaban J connectivity index is -0.000000188. The minimum atomic E-state index is -0.826. The maximum absolute atomic E-state index is 10.0. The van der Waals surface area contributed by atoms with Crippen LogP contribution in [0.25, 0.3) is 0 Å². The van der Waals surface area contributed by atoms with Crippen LogP contribution in [0.3, 0.4) is 0 Å². The Bertz CT molecular complexity index is 252. The van der Waals surface area contributed by atoms with Crippen LogP contribution in [0.5, 0.6) is 0 Å². The van der Waals surface area contributed by atoms with Crippen molar-refractivity contribution in [3.8, 4) is 0 Å². The second-order valence-electron chi connectivity index (χ2n) is 2.86. The molecule has 0 aliphatic carbocycles. The molecule has 0 spiro atoms. The molecular weight excluding hydrogens is 374 g/mol. The third kappa shape index (κ3) is 49.5. The number of hydrogen-bond acceptors (Lipinski definition) is 4. The molecule has 2 radical (unpaired) electrons. The predicted octanol–water partition coefficient (Wildman–Crippen LogP) is 3.07. The number of ketones is 2. The Kier molecular flexibility index (Phi) is 20.5. The molecule has 0 amide bonds. The first-order valence-electron chi connectivity index (χ1n) is 4.39. The number of aliphatic hydroxyl groups is 2. The third-order valence-electron chi connectivity index (χ3n) is 0.824. The standard InChI is InChI=1S/2C5H8O2.2ClH.Sn/c2*1-4(6)3-5(2)7;;;/h2*3,6H,1-2H3;2*1H;/q;;;;+2/p-2/b2*4-3-;;;. The predicted molar refractivity (Wildman–Crippen MR) is 71.6 cm³/mol. The van der Waals surface area contributed by atoms with E-state index in [1.54, 1.807) is 0 Å². The van der Waals surface area contributed by atoms with Crippen LogP contribution in [0.15, 0.2) is 23.7 Å². The SMILES string of the molecule is CC(=O)/C=C(/C)O.CC(=O)/C=C(/C)O.[Cl][Sn][Cl]. The molecule has 0 saturated carbocycles. The van der Waals surface area contributed by atoms with E-state index in [1.165, 1.54) is 39.8 Å². The van der Waals surface area contributed by atoms with Crippen LogP contribution < -0.4 is 0 Å². The van der Waals surface area contributed by atoms with Crippen molar-refractivity contribution in [2.75, 3.05) is 0 Å². The molecule has 0 aliphatic rings. The zero-order chi connectivity index (χ0) is 14.4. The molecule has 0 aromatic heterocycles. The van der Waals surface area contributed by atoms with Gasteiger partial charge in [-0.3, -0.25) is 9.59 Å². The van der Waals surface area contributed by atoms with Gasteiger partial charge in [-0.15, -0.1) is 0 Å². The van der Waals surface area contributed by atoms with E-state index in [2.05, 4.69) is 0 Å². The number of hydrogen-bond donors (Lipinski definition) is 2. The van der Waals surface area contributed by atoms with Crippen molar-refractivity contribution in [3.63, 3.8) is 0 Å². The molecule has 7 heteroatoms. The third-order valence-corrected chi connectivity index (χ3v) is 0.824. The quantitative estimate of drug-likeness (QED) is 0.432. The Morgan fingerprint density at radius 3 is 1.06 bits per heavy atom. The van der Waals surface area contributed by atoms with E-state index in [1.807, 2.05) is 0 Å². The zero-order valence-corrected chi connectivity index (χ0v) is 14.5. The summed E-state index contributed by atoms with van der Waals surface area (Å²) in [5.41, 5.74) is 0. The monoisotopic (exact) mass is 390 g/mol. The van der Waals surface area contributed by atoms with Gasteiger partial charge in [0.05, 0.1) is 11.5 Å². The van der Waals surface area contributed by atoms with Gasteiger partial charge in [0.25, 0.3) is 0 Å². The van der Waals surface area contributed by atoms with Crippen molar-refractivity contribution in [2.24, 2.45) is 0 Å². The van der Waals surface area contributed by atoms with E-state index in [9.17, 15) is 9.59 Å². The average molecular weight is 390 g/mol. The summed E-state index contributed by atoms with van der Waals surface area (Å²) in [5, 5.41) is 16.7. The fraction of sp³-hybridized carbons (Fsp3) is 0.400. The molecule has 0 atom stereocenters. The normalized spacial score (nSPS) is 10.5. The van der Waals surface area contributed by atoms with Crippen LogP contribution in [0.4, 0.5) is 0 Å². The molecular formula is C10H16Cl2O4Sn. The first kappa shape index (κ1) is 22.0. The molecule has 0 saturated heterocycles. The molecule has 98 valence electrons. The first-order chi connectivity index (χ1) is 7.67. The fourth-order valence-corrected chi connectivity index (χ4v) is 0.588. The van der Waals surface area contributed by atoms with Crippen molar-refractivity contribution in [2.45, 2.75) is 27.7 Å². The van der Waals surface area contributed by atoms with E-state index < -0.39 is 18.9 Å². The summed E-state index contributed by atoms with van der Waals surface area (Å²) in [5.74, 6) is -0.125. The number of rotatable bonds is 2. The summed E-state index contributed by atoms with van der Waals surface area (Å²) in [6.07, 6.45) is 2.33. The number of carbonyl (C=O) groups is 2. The number of aliphatic hydroxyl groups excluding tert-OH is 2. The van der Waals surface area contributed by atoms with Gasteiger partial charge in [-0.2, -0.15) is 0 Å².